The first-order valence-corrected chi connectivity index (χ1v) is 4.62. The van der Waals surface area contributed by atoms with Crippen molar-refractivity contribution in [2.75, 3.05) is 5.32 Å². The summed E-state index contributed by atoms with van der Waals surface area (Å²) < 4.78 is 0. The second kappa shape index (κ2) is 4.49. The van der Waals surface area contributed by atoms with Crippen LogP contribution < -0.4 is 5.32 Å². The Hall–Kier alpha value is -0.730. The lowest BCUT2D eigenvalue weighted by Gasteiger charge is -2.07. The largest absolute Gasteiger partial charge is 0.323 e. The maximum absolute atomic E-state index is 11.2. The Labute approximate surface area is 86.8 Å². The van der Waals surface area contributed by atoms with Gasteiger partial charge in [0, 0.05) is 0 Å². The first kappa shape index (κ1) is 10.4. The maximum atomic E-state index is 11.2. The number of amides is 1. The minimum absolute atomic E-state index is 0.255. The van der Waals surface area contributed by atoms with Crippen LogP contribution in [0.25, 0.3) is 0 Å². The summed E-state index contributed by atoms with van der Waals surface area (Å²) in [5.74, 6) is -0.255. The first-order chi connectivity index (χ1) is 6.11. The Morgan fingerprint density at radius 2 is 2.08 bits per heavy atom. The summed E-state index contributed by atoms with van der Waals surface area (Å²) >= 11 is 11.4. The van der Waals surface area contributed by atoms with E-state index in [4.69, 9.17) is 23.2 Å². The Balaban J connectivity index is 2.75. The molecule has 0 saturated heterocycles. The third-order valence-electron chi connectivity index (χ3n) is 1.49. The zero-order valence-electron chi connectivity index (χ0n) is 7.05. The van der Waals surface area contributed by atoms with Gasteiger partial charge in [-0.2, -0.15) is 0 Å². The van der Waals surface area contributed by atoms with E-state index in [0.29, 0.717) is 10.7 Å². The van der Waals surface area contributed by atoms with Crippen molar-refractivity contribution >= 4 is 34.8 Å². The average molecular weight is 218 g/mol. The molecule has 0 aliphatic heterocycles. The first-order valence-electron chi connectivity index (χ1n) is 3.80. The third-order valence-corrected chi connectivity index (χ3v) is 2.02. The van der Waals surface area contributed by atoms with Crippen LogP contribution in [-0.4, -0.2) is 11.3 Å². The normalized spacial score (nSPS) is 12.2. The van der Waals surface area contributed by atoms with E-state index in [1.807, 2.05) is 0 Å². The van der Waals surface area contributed by atoms with Gasteiger partial charge < -0.3 is 5.32 Å². The van der Waals surface area contributed by atoms with E-state index < -0.39 is 5.38 Å². The van der Waals surface area contributed by atoms with E-state index in [2.05, 4.69) is 5.32 Å². The lowest BCUT2D eigenvalue weighted by atomic mass is 10.3. The molecule has 0 radical (unpaired) electrons. The highest BCUT2D eigenvalue weighted by Crippen LogP contribution is 2.20. The van der Waals surface area contributed by atoms with Crippen molar-refractivity contribution in [1.29, 1.82) is 0 Å². The van der Waals surface area contributed by atoms with Gasteiger partial charge in [-0.15, -0.1) is 11.6 Å². The topological polar surface area (TPSA) is 29.1 Å². The zero-order valence-corrected chi connectivity index (χ0v) is 8.56. The van der Waals surface area contributed by atoms with Crippen LogP contribution in [0, 0.1) is 0 Å². The fourth-order valence-corrected chi connectivity index (χ4v) is 1.03. The van der Waals surface area contributed by atoms with E-state index in [9.17, 15) is 4.79 Å². The molecular formula is C9H9Cl2NO. The lowest BCUT2D eigenvalue weighted by Crippen LogP contribution is -2.20. The summed E-state index contributed by atoms with van der Waals surface area (Å²) in [6, 6.07) is 7.01. The molecular weight excluding hydrogens is 209 g/mol. The molecule has 1 N–H and O–H groups in total. The second-order valence-electron chi connectivity index (χ2n) is 2.59. The van der Waals surface area contributed by atoms with Crippen LogP contribution in [0.4, 0.5) is 5.69 Å². The highest BCUT2D eigenvalue weighted by Gasteiger charge is 2.10. The quantitative estimate of drug-likeness (QED) is 0.759. The SMILES string of the molecule is C[C@H](Cl)C(=O)Nc1ccccc1Cl. The van der Waals surface area contributed by atoms with Gasteiger partial charge in [-0.25, -0.2) is 0 Å². The molecule has 1 atom stereocenters. The van der Waals surface area contributed by atoms with Crippen molar-refractivity contribution < 1.29 is 4.79 Å². The predicted octanol–water partition coefficient (Wildman–Crippen LogP) is 2.91. The molecule has 0 bridgehead atoms. The number of alkyl halides is 1. The summed E-state index contributed by atoms with van der Waals surface area (Å²) in [4.78, 5) is 11.2. The minimum Gasteiger partial charge on any atom is -0.323 e. The fraction of sp³-hybridized carbons (Fsp3) is 0.222. The molecule has 70 valence electrons. The Morgan fingerprint density at radius 3 is 2.62 bits per heavy atom. The van der Waals surface area contributed by atoms with Gasteiger partial charge >= 0.3 is 0 Å². The van der Waals surface area contributed by atoms with Crippen LogP contribution in [0.15, 0.2) is 24.3 Å². The molecule has 0 fully saturated rings. The Bertz CT molecular complexity index is 312. The fourth-order valence-electron chi connectivity index (χ4n) is 0.795. The predicted molar refractivity (Wildman–Crippen MR) is 55.4 cm³/mol. The van der Waals surface area contributed by atoms with Gasteiger partial charge in [0.1, 0.15) is 5.38 Å². The van der Waals surface area contributed by atoms with Crippen molar-refractivity contribution in [2.24, 2.45) is 0 Å². The van der Waals surface area contributed by atoms with E-state index >= 15 is 0 Å². The van der Waals surface area contributed by atoms with Crippen LogP contribution in [-0.2, 0) is 4.79 Å². The number of rotatable bonds is 2. The van der Waals surface area contributed by atoms with Gasteiger partial charge in [-0.3, -0.25) is 4.79 Å². The van der Waals surface area contributed by atoms with E-state index in [1.165, 1.54) is 0 Å². The number of nitrogens with one attached hydrogen (secondary N) is 1. The third kappa shape index (κ3) is 2.90. The highest BCUT2D eigenvalue weighted by atomic mass is 35.5. The molecule has 0 aliphatic rings. The van der Waals surface area contributed by atoms with Gasteiger partial charge in [0.15, 0.2) is 0 Å². The number of carbonyl (C=O) groups excluding carboxylic acids is 1. The van der Waals surface area contributed by atoms with Crippen molar-refractivity contribution in [3.63, 3.8) is 0 Å². The van der Waals surface area contributed by atoms with Crippen molar-refractivity contribution in [2.45, 2.75) is 12.3 Å². The number of carbonyl (C=O) groups is 1. The number of halogens is 2. The molecule has 0 unspecified atom stereocenters. The van der Waals surface area contributed by atoms with Gasteiger partial charge in [0.25, 0.3) is 0 Å². The molecule has 1 amide bonds. The smallest absolute Gasteiger partial charge is 0.242 e. The average Bonchev–Trinajstić information content (AvgIpc) is 2.08. The van der Waals surface area contributed by atoms with Crippen LogP contribution in [0.2, 0.25) is 5.02 Å². The van der Waals surface area contributed by atoms with Crippen molar-refractivity contribution in [1.82, 2.24) is 0 Å². The van der Waals surface area contributed by atoms with Crippen LogP contribution in [0.5, 0.6) is 0 Å². The summed E-state index contributed by atoms with van der Waals surface area (Å²) in [7, 11) is 0. The monoisotopic (exact) mass is 217 g/mol. The molecule has 1 rings (SSSR count). The minimum atomic E-state index is -0.559. The van der Waals surface area contributed by atoms with Gasteiger partial charge in [0.2, 0.25) is 5.91 Å². The van der Waals surface area contributed by atoms with Gasteiger partial charge in [-0.05, 0) is 19.1 Å². The highest BCUT2D eigenvalue weighted by molar-refractivity contribution is 6.35. The maximum Gasteiger partial charge on any atom is 0.242 e. The van der Waals surface area contributed by atoms with E-state index in [0.717, 1.165) is 0 Å². The molecule has 0 aromatic heterocycles. The molecule has 0 aliphatic carbocycles. The Kier molecular flexibility index (Phi) is 3.58. The standard InChI is InChI=1S/C9H9Cl2NO/c1-6(10)9(13)12-8-5-3-2-4-7(8)11/h2-6H,1H3,(H,12,13)/t6-/m0/s1. The number of benzene rings is 1. The summed E-state index contributed by atoms with van der Waals surface area (Å²) in [5.41, 5.74) is 0.585. The van der Waals surface area contributed by atoms with Crippen LogP contribution in [0.3, 0.4) is 0 Å². The molecule has 0 heterocycles. The lowest BCUT2D eigenvalue weighted by molar-refractivity contribution is -0.115. The summed E-state index contributed by atoms with van der Waals surface area (Å²) in [6.45, 7) is 1.60. The number of hydrogen-bond acceptors (Lipinski definition) is 1. The summed E-state index contributed by atoms with van der Waals surface area (Å²) in [6.07, 6.45) is 0. The zero-order chi connectivity index (χ0) is 9.84. The molecule has 0 spiro atoms. The molecule has 0 saturated carbocycles. The molecule has 13 heavy (non-hydrogen) atoms. The molecule has 2 nitrogen and oxygen atoms in total. The van der Waals surface area contributed by atoms with Crippen molar-refractivity contribution in [3.8, 4) is 0 Å². The van der Waals surface area contributed by atoms with Gasteiger partial charge in [-0.1, -0.05) is 23.7 Å². The molecule has 4 heteroatoms. The number of anilines is 1. The van der Waals surface area contributed by atoms with Gasteiger partial charge in [0.05, 0.1) is 10.7 Å². The van der Waals surface area contributed by atoms with E-state index in [1.54, 1.807) is 31.2 Å². The Morgan fingerprint density at radius 1 is 1.46 bits per heavy atom. The number of hydrogen-bond donors (Lipinski definition) is 1. The number of para-hydroxylation sites is 1. The van der Waals surface area contributed by atoms with Crippen molar-refractivity contribution in [3.05, 3.63) is 29.3 Å². The van der Waals surface area contributed by atoms with E-state index in [-0.39, 0.29) is 5.91 Å². The summed E-state index contributed by atoms with van der Waals surface area (Å²) in [5, 5.41) is 2.56. The second-order valence-corrected chi connectivity index (χ2v) is 3.65. The van der Waals surface area contributed by atoms with Crippen LogP contribution in [0.1, 0.15) is 6.92 Å². The molecule has 1 aromatic rings. The van der Waals surface area contributed by atoms with Crippen LogP contribution >= 0.6 is 23.2 Å². The molecule has 1 aromatic carbocycles.